The van der Waals surface area contributed by atoms with E-state index in [0.717, 1.165) is 32.1 Å². The van der Waals surface area contributed by atoms with E-state index in [0.29, 0.717) is 11.2 Å². The molecule has 3 atom stereocenters. The van der Waals surface area contributed by atoms with E-state index in [1.165, 1.54) is 0 Å². The molecule has 2 amide bonds. The smallest absolute Gasteiger partial charge is 0.315 e. The van der Waals surface area contributed by atoms with Crippen molar-refractivity contribution in [3.63, 3.8) is 0 Å². The Morgan fingerprint density at radius 2 is 2.05 bits per heavy atom. The van der Waals surface area contributed by atoms with Gasteiger partial charge in [-0.05, 0) is 37.9 Å². The summed E-state index contributed by atoms with van der Waals surface area (Å²) >= 11 is 1.79. The normalized spacial score (nSPS) is 27.8. The molecule has 2 aliphatic rings. The summed E-state index contributed by atoms with van der Waals surface area (Å²) in [5.74, 6) is -0.498. The second kappa shape index (κ2) is 6.50. The first-order valence-corrected chi connectivity index (χ1v) is 8.20. The fraction of sp³-hybridized carbons (Fsp3) is 0.846. The van der Waals surface area contributed by atoms with Crippen molar-refractivity contribution in [2.45, 2.75) is 55.9 Å². The maximum absolute atomic E-state index is 12.0. The average Bonchev–Trinajstić information content (AvgIpc) is 3.09. The van der Waals surface area contributed by atoms with Gasteiger partial charge in [-0.1, -0.05) is 6.42 Å². The minimum atomic E-state index is -0.847. The van der Waals surface area contributed by atoms with Crippen LogP contribution in [0.1, 0.15) is 38.5 Å². The molecule has 3 unspecified atom stereocenters. The van der Waals surface area contributed by atoms with Gasteiger partial charge in [0.05, 0.1) is 6.42 Å². The molecule has 3 N–H and O–H groups in total. The minimum absolute atomic E-state index is 0.0225. The Balaban J connectivity index is 1.80. The molecular formula is C13H22N2O3S. The first-order chi connectivity index (χ1) is 9.10. The molecule has 0 aromatic heterocycles. The predicted molar refractivity (Wildman–Crippen MR) is 75.4 cm³/mol. The largest absolute Gasteiger partial charge is 0.481 e. The molecule has 0 aromatic rings. The summed E-state index contributed by atoms with van der Waals surface area (Å²) in [5, 5.41) is 15.2. The van der Waals surface area contributed by atoms with Crippen LogP contribution in [0.3, 0.4) is 0 Å². The molecule has 0 spiro atoms. The highest BCUT2D eigenvalue weighted by Crippen LogP contribution is 2.34. The third kappa shape index (κ3) is 4.30. The highest BCUT2D eigenvalue weighted by atomic mass is 32.2. The maximum Gasteiger partial charge on any atom is 0.315 e. The van der Waals surface area contributed by atoms with Crippen LogP contribution in [0.25, 0.3) is 0 Å². The Hall–Kier alpha value is -0.910. The maximum atomic E-state index is 12.0. The monoisotopic (exact) mass is 286 g/mol. The molecule has 0 bridgehead atoms. The van der Waals surface area contributed by atoms with Crippen LogP contribution in [0.4, 0.5) is 4.79 Å². The lowest BCUT2D eigenvalue weighted by molar-refractivity contribution is -0.137. The number of hydrogen-bond donors (Lipinski definition) is 3. The number of nitrogens with one attached hydrogen (secondary N) is 2. The number of aliphatic carboxylic acids is 1. The molecule has 2 rings (SSSR count). The minimum Gasteiger partial charge on any atom is -0.481 e. The van der Waals surface area contributed by atoms with E-state index < -0.39 is 5.97 Å². The zero-order valence-corrected chi connectivity index (χ0v) is 12.0. The fourth-order valence-corrected chi connectivity index (χ4v) is 3.71. The van der Waals surface area contributed by atoms with Crippen LogP contribution < -0.4 is 10.6 Å². The first kappa shape index (κ1) is 14.5. The molecule has 0 aliphatic heterocycles. The van der Waals surface area contributed by atoms with E-state index in [9.17, 15) is 9.59 Å². The Morgan fingerprint density at radius 1 is 1.32 bits per heavy atom. The van der Waals surface area contributed by atoms with Crippen LogP contribution in [0.2, 0.25) is 0 Å². The van der Waals surface area contributed by atoms with Crippen molar-refractivity contribution in [2.24, 2.45) is 5.92 Å². The third-order valence-electron chi connectivity index (χ3n) is 3.97. The van der Waals surface area contributed by atoms with Gasteiger partial charge in [0.2, 0.25) is 0 Å². The van der Waals surface area contributed by atoms with E-state index in [-0.39, 0.29) is 24.5 Å². The molecule has 5 nitrogen and oxygen atoms in total. The number of urea groups is 1. The lowest BCUT2D eigenvalue weighted by Crippen LogP contribution is -2.49. The number of carboxylic acids is 1. The molecular weight excluding hydrogens is 264 g/mol. The van der Waals surface area contributed by atoms with Crippen LogP contribution in [0.5, 0.6) is 0 Å². The van der Waals surface area contributed by atoms with Gasteiger partial charge in [-0.2, -0.15) is 11.8 Å². The van der Waals surface area contributed by atoms with Crippen molar-refractivity contribution in [1.29, 1.82) is 0 Å². The summed E-state index contributed by atoms with van der Waals surface area (Å²) in [6.07, 6.45) is 7.45. The van der Waals surface area contributed by atoms with E-state index in [4.69, 9.17) is 5.11 Å². The standard InChI is InChI=1S/C13H22N2O3S/c1-19-11-4-2-3-9(11)14-13(18)15-10(7-12(16)17)8-5-6-8/h8-11H,2-7H2,1H3,(H,16,17)(H2,14,15,18). The Labute approximate surface area is 117 Å². The zero-order chi connectivity index (χ0) is 13.8. The number of rotatable bonds is 6. The van der Waals surface area contributed by atoms with Crippen molar-refractivity contribution >= 4 is 23.8 Å². The number of amides is 2. The number of carbonyl (C=O) groups is 2. The summed E-state index contributed by atoms with van der Waals surface area (Å²) < 4.78 is 0. The predicted octanol–water partition coefficient (Wildman–Crippen LogP) is 1.82. The van der Waals surface area contributed by atoms with Gasteiger partial charge in [0, 0.05) is 17.3 Å². The highest BCUT2D eigenvalue weighted by Gasteiger charge is 2.35. The Bertz CT molecular complexity index is 347. The molecule has 2 fully saturated rings. The molecule has 6 heteroatoms. The van der Waals surface area contributed by atoms with E-state index in [1.807, 2.05) is 0 Å². The van der Waals surface area contributed by atoms with Gasteiger partial charge in [-0.15, -0.1) is 0 Å². The number of thioether (sulfide) groups is 1. The van der Waals surface area contributed by atoms with Crippen LogP contribution in [-0.2, 0) is 4.79 Å². The highest BCUT2D eigenvalue weighted by molar-refractivity contribution is 7.99. The summed E-state index contributed by atoms with van der Waals surface area (Å²) in [6, 6.07) is -0.199. The van der Waals surface area contributed by atoms with Gasteiger partial charge in [-0.25, -0.2) is 4.79 Å². The lowest BCUT2D eigenvalue weighted by Gasteiger charge is -2.22. The fourth-order valence-electron chi connectivity index (χ4n) is 2.77. The van der Waals surface area contributed by atoms with Gasteiger partial charge >= 0.3 is 12.0 Å². The van der Waals surface area contributed by atoms with Crippen LogP contribution in [-0.4, -0.2) is 40.7 Å². The number of carbonyl (C=O) groups excluding carboxylic acids is 1. The van der Waals surface area contributed by atoms with Gasteiger partial charge in [0.15, 0.2) is 0 Å². The van der Waals surface area contributed by atoms with E-state index >= 15 is 0 Å². The molecule has 0 heterocycles. The molecule has 19 heavy (non-hydrogen) atoms. The van der Waals surface area contributed by atoms with Gasteiger partial charge in [0.25, 0.3) is 0 Å². The Morgan fingerprint density at radius 3 is 2.63 bits per heavy atom. The third-order valence-corrected chi connectivity index (χ3v) is 5.14. The van der Waals surface area contributed by atoms with Crippen molar-refractivity contribution < 1.29 is 14.7 Å². The van der Waals surface area contributed by atoms with E-state index in [1.54, 1.807) is 11.8 Å². The Kier molecular flexibility index (Phi) is 4.96. The quantitative estimate of drug-likeness (QED) is 0.696. The lowest BCUT2D eigenvalue weighted by atomic mass is 10.1. The molecule has 0 saturated heterocycles. The SMILES string of the molecule is CSC1CCCC1NC(=O)NC(CC(=O)O)C1CC1. The van der Waals surface area contributed by atoms with Crippen molar-refractivity contribution in [3.8, 4) is 0 Å². The molecule has 0 aromatic carbocycles. The molecule has 108 valence electrons. The van der Waals surface area contributed by atoms with Crippen molar-refractivity contribution in [1.82, 2.24) is 10.6 Å². The summed E-state index contributed by atoms with van der Waals surface area (Å²) in [5.41, 5.74) is 0. The topological polar surface area (TPSA) is 78.4 Å². The van der Waals surface area contributed by atoms with E-state index in [2.05, 4.69) is 16.9 Å². The molecule has 0 radical (unpaired) electrons. The van der Waals surface area contributed by atoms with Gasteiger partial charge < -0.3 is 15.7 Å². The number of hydrogen-bond acceptors (Lipinski definition) is 3. The van der Waals surface area contributed by atoms with Gasteiger partial charge in [0.1, 0.15) is 0 Å². The van der Waals surface area contributed by atoms with Crippen molar-refractivity contribution in [3.05, 3.63) is 0 Å². The van der Waals surface area contributed by atoms with Gasteiger partial charge in [-0.3, -0.25) is 4.79 Å². The second-order valence-corrected chi connectivity index (χ2v) is 6.55. The molecule has 2 saturated carbocycles. The van der Waals surface area contributed by atoms with Crippen molar-refractivity contribution in [2.75, 3.05) is 6.26 Å². The van der Waals surface area contributed by atoms with Crippen LogP contribution in [0.15, 0.2) is 0 Å². The number of carboxylic acid groups (broad SMARTS) is 1. The first-order valence-electron chi connectivity index (χ1n) is 6.91. The zero-order valence-electron chi connectivity index (χ0n) is 11.2. The van der Waals surface area contributed by atoms with Crippen LogP contribution >= 0.6 is 11.8 Å². The summed E-state index contributed by atoms with van der Waals surface area (Å²) in [4.78, 5) is 22.8. The summed E-state index contributed by atoms with van der Waals surface area (Å²) in [7, 11) is 0. The average molecular weight is 286 g/mol. The van der Waals surface area contributed by atoms with Crippen LogP contribution in [0, 0.1) is 5.92 Å². The second-order valence-electron chi connectivity index (χ2n) is 5.47. The summed E-state index contributed by atoms with van der Waals surface area (Å²) in [6.45, 7) is 0. The molecule has 2 aliphatic carbocycles.